The Balaban J connectivity index is 0.000000215. The van der Waals surface area contributed by atoms with Gasteiger partial charge in [-0.3, -0.25) is 30.3 Å². The summed E-state index contributed by atoms with van der Waals surface area (Å²) in [6.07, 6.45) is 23.0. The molecule has 0 saturated heterocycles. The van der Waals surface area contributed by atoms with Crippen LogP contribution in [-0.2, 0) is 12.8 Å². The summed E-state index contributed by atoms with van der Waals surface area (Å²) in [7, 11) is 0. The van der Waals surface area contributed by atoms with Crippen LogP contribution in [0.25, 0.3) is 0 Å². The first kappa shape index (κ1) is 50.0. The molecule has 0 radical (unpaired) electrons. The fourth-order valence-electron chi connectivity index (χ4n) is 9.62. The number of amidine groups is 1. The molecule has 0 amide bonds. The van der Waals surface area contributed by atoms with Crippen molar-refractivity contribution in [2.45, 2.75) is 154 Å². The lowest BCUT2D eigenvalue weighted by molar-refractivity contribution is -0.499. The summed E-state index contributed by atoms with van der Waals surface area (Å²) >= 11 is 9.61. The number of hydrogen-bond donors (Lipinski definition) is 5. The normalized spacial score (nSPS) is 20.2. The minimum Gasteiger partial charge on any atom is -0.409 e. The predicted molar refractivity (Wildman–Crippen MR) is 226 cm³/mol. The van der Waals surface area contributed by atoms with E-state index in [1.165, 1.54) is 32.1 Å². The highest BCUT2D eigenvalue weighted by Crippen LogP contribution is 2.41. The Morgan fingerprint density at radius 2 is 1.03 bits per heavy atom. The Morgan fingerprint density at radius 1 is 0.683 bits per heavy atom. The maximum Gasteiger partial charge on any atom is 0.314 e. The molecule has 0 bridgehead atoms. The first-order chi connectivity index (χ1) is 28.6. The van der Waals surface area contributed by atoms with Gasteiger partial charge in [0.1, 0.15) is 17.5 Å². The SMILES string of the molecule is N#CCC1(C[N+](=O)[O-])CCCCC1.N/C(CC1(C[N+](=O)[O-])CCCCC1)=N\O.NCC1(Cc2nc(=S)o[nH]2)CCCCC1.O=[N+]([O-])CC1(Cc2nc(=S)o[nH]2)CCCCC1. The summed E-state index contributed by atoms with van der Waals surface area (Å²) in [5, 5.41) is 57.3. The van der Waals surface area contributed by atoms with Crippen molar-refractivity contribution in [3.63, 3.8) is 0 Å². The fourth-order valence-corrected chi connectivity index (χ4v) is 9.92. The minimum atomic E-state index is -0.391. The van der Waals surface area contributed by atoms with E-state index in [4.69, 9.17) is 55.4 Å². The number of nitrogens with two attached hydrogens (primary N) is 2. The van der Waals surface area contributed by atoms with Gasteiger partial charge in [0.25, 0.3) is 0 Å². The third-order valence-electron chi connectivity index (χ3n) is 12.7. The van der Waals surface area contributed by atoms with Crippen molar-refractivity contribution in [3.8, 4) is 6.07 Å². The van der Waals surface area contributed by atoms with Gasteiger partial charge in [-0.1, -0.05) is 82.2 Å². The molecular weight excluding hydrogens is 819 g/mol. The summed E-state index contributed by atoms with van der Waals surface area (Å²) in [5.74, 6) is 1.56. The molecule has 0 aromatic carbocycles. The van der Waals surface area contributed by atoms with E-state index in [9.17, 15) is 30.3 Å². The summed E-state index contributed by atoms with van der Waals surface area (Å²) < 4.78 is 9.80. The molecule has 4 saturated carbocycles. The molecule has 0 aliphatic heterocycles. The second kappa shape index (κ2) is 24.8. The van der Waals surface area contributed by atoms with Gasteiger partial charge in [-0.05, 0) is 87.8 Å². The molecule has 6 rings (SSSR count). The summed E-state index contributed by atoms with van der Waals surface area (Å²) in [4.78, 5) is 39.7. The highest BCUT2D eigenvalue weighted by Gasteiger charge is 2.40. The molecule has 4 aliphatic rings. The lowest BCUT2D eigenvalue weighted by Gasteiger charge is -2.35. The number of rotatable bonds is 14. The number of H-pyrrole nitrogens is 2. The van der Waals surface area contributed by atoms with Crippen LogP contribution in [0.1, 0.15) is 153 Å². The van der Waals surface area contributed by atoms with E-state index < -0.39 is 5.41 Å². The van der Waals surface area contributed by atoms with Crippen molar-refractivity contribution >= 4 is 30.3 Å². The molecule has 7 N–H and O–H groups in total. The molecule has 20 nitrogen and oxygen atoms in total. The van der Waals surface area contributed by atoms with E-state index in [1.807, 2.05) is 0 Å². The maximum atomic E-state index is 10.8. The number of nitrogens with one attached hydrogen (secondary N) is 2. The van der Waals surface area contributed by atoms with Crippen LogP contribution in [0, 0.1) is 73.0 Å². The van der Waals surface area contributed by atoms with Crippen LogP contribution in [0.15, 0.2) is 14.2 Å². The van der Waals surface area contributed by atoms with Crippen LogP contribution in [0.2, 0.25) is 0 Å². The molecule has 336 valence electrons. The van der Waals surface area contributed by atoms with Crippen molar-refractivity contribution < 1.29 is 29.0 Å². The van der Waals surface area contributed by atoms with Crippen molar-refractivity contribution in [2.24, 2.45) is 38.3 Å². The molecule has 2 aromatic heterocycles. The van der Waals surface area contributed by atoms with E-state index in [1.54, 1.807) is 0 Å². The van der Waals surface area contributed by atoms with Gasteiger partial charge in [-0.25, -0.2) is 10.3 Å². The lowest BCUT2D eigenvalue weighted by atomic mass is 9.71. The van der Waals surface area contributed by atoms with Crippen molar-refractivity contribution in [3.05, 3.63) is 51.7 Å². The minimum absolute atomic E-state index is 0.000458. The molecular formula is C38H63N11O9S2. The van der Waals surface area contributed by atoms with Crippen LogP contribution in [0.5, 0.6) is 0 Å². The topological polar surface area (TPSA) is 321 Å². The van der Waals surface area contributed by atoms with Gasteiger partial charge in [0, 0.05) is 56.7 Å². The maximum absolute atomic E-state index is 10.8. The zero-order valence-electron chi connectivity index (χ0n) is 34.6. The zero-order valence-corrected chi connectivity index (χ0v) is 36.2. The van der Waals surface area contributed by atoms with Gasteiger partial charge in [0.2, 0.25) is 19.6 Å². The molecule has 4 fully saturated rings. The highest BCUT2D eigenvalue weighted by atomic mass is 32.1. The van der Waals surface area contributed by atoms with Crippen LogP contribution < -0.4 is 11.5 Å². The van der Waals surface area contributed by atoms with Crippen LogP contribution >= 0.6 is 24.4 Å². The number of hydrogen-bond acceptors (Lipinski definition) is 16. The highest BCUT2D eigenvalue weighted by molar-refractivity contribution is 7.71. The van der Waals surface area contributed by atoms with Gasteiger partial charge >= 0.3 is 9.67 Å². The second-order valence-electron chi connectivity index (χ2n) is 17.4. The number of nitro groups is 3. The van der Waals surface area contributed by atoms with Crippen LogP contribution in [0.4, 0.5) is 0 Å². The van der Waals surface area contributed by atoms with E-state index in [0.717, 1.165) is 115 Å². The zero-order chi connectivity index (χ0) is 44.1. The van der Waals surface area contributed by atoms with Crippen molar-refractivity contribution in [2.75, 3.05) is 26.2 Å². The quantitative estimate of drug-likeness (QED) is 0.0298. The molecule has 2 heterocycles. The Hall–Kier alpha value is -4.36. The van der Waals surface area contributed by atoms with Gasteiger partial charge in [-0.15, -0.1) is 0 Å². The molecule has 0 unspecified atom stereocenters. The average molecular weight is 882 g/mol. The van der Waals surface area contributed by atoms with Gasteiger partial charge in [-0.2, -0.15) is 15.2 Å². The molecule has 4 aliphatic carbocycles. The van der Waals surface area contributed by atoms with Gasteiger partial charge in [0.15, 0.2) is 0 Å². The molecule has 2 aromatic rings. The monoisotopic (exact) mass is 881 g/mol. The molecule has 22 heteroatoms. The van der Waals surface area contributed by atoms with Gasteiger partial charge in [0.05, 0.1) is 6.07 Å². The summed E-state index contributed by atoms with van der Waals surface area (Å²) in [5.41, 5.74) is 10.6. The molecule has 60 heavy (non-hydrogen) atoms. The largest absolute Gasteiger partial charge is 0.409 e. The third kappa shape index (κ3) is 17.3. The Labute approximate surface area is 360 Å². The second-order valence-corrected chi connectivity index (χ2v) is 18.1. The first-order valence-electron chi connectivity index (χ1n) is 21.1. The standard InChI is InChI=1S/C10H15N3O3S.C10H17N3OS.C9H17N3O3.C9H14N2O2/c14-13(15)7-10(4-2-1-3-5-10)6-8-11-9(17)16-12-8;11-7-10(4-2-1-3-5-10)6-8-12-9(15)14-13-8;10-8(11-13)6-9(7-12(14)15)4-2-1-3-5-9;10-7-6-9(8-11(12)13)4-2-1-3-5-9/h1-7H2,(H,11,12,17);1-7,11H2,(H,12,13,15);13H,1-7H2,(H2,10,11);1-6,8H2. The third-order valence-corrected chi connectivity index (χ3v) is 13.0. The Bertz CT molecular complexity index is 1810. The van der Waals surface area contributed by atoms with E-state index in [-0.39, 0.29) is 66.2 Å². The van der Waals surface area contributed by atoms with Crippen molar-refractivity contribution in [1.29, 1.82) is 5.26 Å². The lowest BCUT2D eigenvalue weighted by Crippen LogP contribution is -2.36. The summed E-state index contributed by atoms with van der Waals surface area (Å²) in [6, 6.07) is 2.08. The predicted octanol–water partition coefficient (Wildman–Crippen LogP) is 8.16. The Morgan fingerprint density at radius 3 is 1.38 bits per heavy atom. The number of aromatic amines is 2. The first-order valence-corrected chi connectivity index (χ1v) is 21.9. The fraction of sp³-hybridized carbons (Fsp3) is 0.842. The van der Waals surface area contributed by atoms with E-state index >= 15 is 0 Å². The van der Waals surface area contributed by atoms with Crippen molar-refractivity contribution in [1.82, 2.24) is 20.3 Å². The van der Waals surface area contributed by atoms with E-state index in [2.05, 4.69) is 31.5 Å². The summed E-state index contributed by atoms with van der Waals surface area (Å²) in [6.45, 7) is 0.616. The number of oxime groups is 1. The average Bonchev–Trinajstić information content (AvgIpc) is 3.81. The number of nitriles is 1. The van der Waals surface area contributed by atoms with Crippen LogP contribution in [0.3, 0.4) is 0 Å². The van der Waals surface area contributed by atoms with E-state index in [0.29, 0.717) is 25.1 Å². The van der Waals surface area contributed by atoms with Gasteiger partial charge < -0.3 is 25.7 Å². The Kier molecular flexibility index (Phi) is 20.7. The number of nitrogens with zero attached hydrogens (tertiary/aromatic N) is 7. The smallest absolute Gasteiger partial charge is 0.314 e. The number of aromatic nitrogens is 4. The van der Waals surface area contributed by atoms with Crippen LogP contribution in [-0.4, -0.2) is 72.3 Å². The molecule has 0 atom stereocenters. The molecule has 0 spiro atoms.